The van der Waals surface area contributed by atoms with E-state index >= 15 is 0 Å². The molecule has 0 saturated carbocycles. The summed E-state index contributed by atoms with van der Waals surface area (Å²) >= 11 is 0. The van der Waals surface area contributed by atoms with Gasteiger partial charge in [-0.3, -0.25) is 4.79 Å². The number of rotatable bonds is 4. The molecule has 1 aliphatic rings. The fraction of sp³-hybridized carbons (Fsp3) is 0.353. The number of hydrogen-bond acceptors (Lipinski definition) is 5. The van der Waals surface area contributed by atoms with Crippen LogP contribution in [0.4, 0.5) is 11.5 Å². The quantitative estimate of drug-likeness (QED) is 0.938. The van der Waals surface area contributed by atoms with E-state index in [0.29, 0.717) is 13.0 Å². The Hall–Kier alpha value is -2.63. The van der Waals surface area contributed by atoms with Crippen molar-refractivity contribution in [3.8, 4) is 5.75 Å². The van der Waals surface area contributed by atoms with E-state index in [1.54, 1.807) is 18.3 Å². The molecule has 2 heterocycles. The minimum Gasteiger partial charge on any atom is -0.497 e. The van der Waals surface area contributed by atoms with Gasteiger partial charge in [-0.15, -0.1) is 0 Å². The molecule has 1 aromatic carbocycles. The van der Waals surface area contributed by atoms with Gasteiger partial charge in [0.25, 0.3) is 0 Å². The van der Waals surface area contributed by atoms with E-state index in [1.807, 2.05) is 38.1 Å². The zero-order chi connectivity index (χ0) is 16.4. The van der Waals surface area contributed by atoms with Gasteiger partial charge in [-0.25, -0.2) is 9.97 Å². The van der Waals surface area contributed by atoms with Crippen LogP contribution in [0.1, 0.15) is 17.7 Å². The maximum Gasteiger partial charge on any atom is 0.229 e. The Morgan fingerprint density at radius 3 is 2.65 bits per heavy atom. The molecule has 6 heteroatoms. The third-order valence-electron chi connectivity index (χ3n) is 4.19. The molecule has 0 radical (unpaired) electrons. The molecule has 23 heavy (non-hydrogen) atoms. The van der Waals surface area contributed by atoms with Crippen molar-refractivity contribution >= 4 is 17.4 Å². The lowest BCUT2D eigenvalue weighted by molar-refractivity contribution is -0.117. The maximum absolute atomic E-state index is 12.3. The van der Waals surface area contributed by atoms with E-state index in [9.17, 15) is 4.79 Å². The summed E-state index contributed by atoms with van der Waals surface area (Å²) in [6.45, 7) is 4.55. The van der Waals surface area contributed by atoms with Crippen LogP contribution in [0, 0.1) is 13.8 Å². The number of carbonyl (C=O) groups excluding carboxylic acids is 1. The number of nitrogens with one attached hydrogen (secondary N) is 1. The van der Waals surface area contributed by atoms with Gasteiger partial charge >= 0.3 is 0 Å². The maximum atomic E-state index is 12.3. The number of amides is 1. The van der Waals surface area contributed by atoms with Gasteiger partial charge in [-0.2, -0.15) is 0 Å². The number of ether oxygens (including phenoxy) is 1. The molecule has 0 bridgehead atoms. The Balaban J connectivity index is 1.73. The zero-order valence-corrected chi connectivity index (χ0v) is 13.5. The van der Waals surface area contributed by atoms with E-state index in [-0.39, 0.29) is 11.9 Å². The summed E-state index contributed by atoms with van der Waals surface area (Å²) in [5.74, 6) is 1.69. The van der Waals surface area contributed by atoms with Crippen molar-refractivity contribution in [2.75, 3.05) is 23.9 Å². The van der Waals surface area contributed by atoms with Crippen LogP contribution in [0.25, 0.3) is 0 Å². The van der Waals surface area contributed by atoms with Crippen molar-refractivity contribution < 1.29 is 9.53 Å². The van der Waals surface area contributed by atoms with Crippen molar-refractivity contribution in [3.63, 3.8) is 0 Å². The van der Waals surface area contributed by atoms with Gasteiger partial charge in [-0.1, -0.05) is 0 Å². The van der Waals surface area contributed by atoms with Gasteiger partial charge in [0, 0.05) is 29.9 Å². The van der Waals surface area contributed by atoms with Gasteiger partial charge in [0.2, 0.25) is 5.91 Å². The Morgan fingerprint density at radius 2 is 1.96 bits per heavy atom. The van der Waals surface area contributed by atoms with Crippen molar-refractivity contribution in [1.82, 2.24) is 9.97 Å². The van der Waals surface area contributed by atoms with Crippen LogP contribution < -0.4 is 15.0 Å². The average Bonchev–Trinajstić information content (AvgIpc) is 2.92. The number of methoxy groups -OCH3 is 1. The summed E-state index contributed by atoms with van der Waals surface area (Å²) in [4.78, 5) is 22.5. The number of anilines is 2. The summed E-state index contributed by atoms with van der Waals surface area (Å²) in [6.07, 6.45) is 2.00. The van der Waals surface area contributed by atoms with Crippen molar-refractivity contribution in [1.29, 1.82) is 0 Å². The minimum atomic E-state index is 0.0394. The van der Waals surface area contributed by atoms with Gasteiger partial charge in [-0.05, 0) is 38.1 Å². The number of aryl methyl sites for hydroxylation is 1. The first-order valence-corrected chi connectivity index (χ1v) is 7.57. The zero-order valence-electron chi connectivity index (χ0n) is 13.5. The number of carbonyl (C=O) groups is 1. The smallest absolute Gasteiger partial charge is 0.229 e. The van der Waals surface area contributed by atoms with Crippen LogP contribution in [-0.2, 0) is 4.79 Å². The number of aromatic nitrogens is 2. The van der Waals surface area contributed by atoms with Crippen LogP contribution in [0.5, 0.6) is 5.75 Å². The SMILES string of the molecule is COc1ccc(N2C[C@H](Nc3ncnc(C)c3C)CC2=O)cc1. The first-order valence-electron chi connectivity index (χ1n) is 7.57. The molecule has 120 valence electrons. The molecule has 0 spiro atoms. The monoisotopic (exact) mass is 312 g/mol. The molecule has 6 nitrogen and oxygen atoms in total. The lowest BCUT2D eigenvalue weighted by Crippen LogP contribution is -2.28. The molecule has 1 aromatic heterocycles. The Kier molecular flexibility index (Phi) is 4.14. The summed E-state index contributed by atoms with van der Waals surface area (Å²) in [5, 5.41) is 3.36. The molecular formula is C17H20N4O2. The summed E-state index contributed by atoms with van der Waals surface area (Å²) in [5.41, 5.74) is 2.84. The summed E-state index contributed by atoms with van der Waals surface area (Å²) in [7, 11) is 1.63. The Bertz CT molecular complexity index is 715. The third kappa shape index (κ3) is 3.11. The summed E-state index contributed by atoms with van der Waals surface area (Å²) < 4.78 is 5.15. The highest BCUT2D eigenvalue weighted by Gasteiger charge is 2.31. The van der Waals surface area contributed by atoms with Crippen LogP contribution in [0.15, 0.2) is 30.6 Å². The average molecular weight is 312 g/mol. The van der Waals surface area contributed by atoms with E-state index < -0.39 is 0 Å². The number of hydrogen-bond donors (Lipinski definition) is 1. The van der Waals surface area contributed by atoms with Crippen molar-refractivity contribution in [2.24, 2.45) is 0 Å². The number of nitrogens with zero attached hydrogens (tertiary/aromatic N) is 3. The molecule has 3 rings (SSSR count). The first-order chi connectivity index (χ1) is 11.1. The van der Waals surface area contributed by atoms with Gasteiger partial charge in [0.05, 0.1) is 13.2 Å². The largest absolute Gasteiger partial charge is 0.497 e. The molecule has 1 N–H and O–H groups in total. The predicted octanol–water partition coefficient (Wildman–Crippen LogP) is 2.32. The lowest BCUT2D eigenvalue weighted by atomic mass is 10.2. The summed E-state index contributed by atoms with van der Waals surface area (Å²) in [6, 6.07) is 7.57. The van der Waals surface area contributed by atoms with Gasteiger partial charge < -0.3 is 15.0 Å². The minimum absolute atomic E-state index is 0.0394. The molecule has 1 fully saturated rings. The normalized spacial score (nSPS) is 17.4. The highest BCUT2D eigenvalue weighted by atomic mass is 16.5. The van der Waals surface area contributed by atoms with Crippen LogP contribution >= 0.6 is 0 Å². The molecule has 1 atom stereocenters. The van der Waals surface area contributed by atoms with E-state index in [0.717, 1.165) is 28.5 Å². The fourth-order valence-corrected chi connectivity index (χ4v) is 2.69. The highest BCUT2D eigenvalue weighted by molar-refractivity contribution is 5.96. The molecule has 1 saturated heterocycles. The Labute approximate surface area is 135 Å². The molecule has 0 unspecified atom stereocenters. The number of benzene rings is 1. The fourth-order valence-electron chi connectivity index (χ4n) is 2.69. The topological polar surface area (TPSA) is 67.3 Å². The van der Waals surface area contributed by atoms with Crippen molar-refractivity contribution in [2.45, 2.75) is 26.3 Å². The highest BCUT2D eigenvalue weighted by Crippen LogP contribution is 2.26. The standard InChI is InChI=1S/C17H20N4O2/c1-11-12(2)18-10-19-17(11)20-13-8-16(22)21(9-13)14-4-6-15(23-3)7-5-14/h4-7,10,13H,8-9H2,1-3H3,(H,18,19,20)/t13-/m1/s1. The first kappa shape index (κ1) is 15.3. The second-order valence-electron chi connectivity index (χ2n) is 5.68. The molecule has 1 aliphatic heterocycles. The van der Waals surface area contributed by atoms with E-state index in [4.69, 9.17) is 4.74 Å². The predicted molar refractivity (Wildman–Crippen MR) is 88.9 cm³/mol. The molecule has 2 aromatic rings. The Morgan fingerprint density at radius 1 is 1.22 bits per heavy atom. The van der Waals surface area contributed by atoms with Crippen LogP contribution in [0.2, 0.25) is 0 Å². The second kappa shape index (κ2) is 6.24. The van der Waals surface area contributed by atoms with Gasteiger partial charge in [0.15, 0.2) is 0 Å². The van der Waals surface area contributed by atoms with Gasteiger partial charge in [0.1, 0.15) is 17.9 Å². The lowest BCUT2D eigenvalue weighted by Gasteiger charge is -2.18. The van der Waals surface area contributed by atoms with Crippen LogP contribution in [-0.4, -0.2) is 35.6 Å². The van der Waals surface area contributed by atoms with E-state index in [2.05, 4.69) is 15.3 Å². The molecule has 0 aliphatic carbocycles. The van der Waals surface area contributed by atoms with Crippen LogP contribution in [0.3, 0.4) is 0 Å². The van der Waals surface area contributed by atoms with Crippen molar-refractivity contribution in [3.05, 3.63) is 41.9 Å². The second-order valence-corrected chi connectivity index (χ2v) is 5.68. The van der Waals surface area contributed by atoms with E-state index in [1.165, 1.54) is 0 Å². The molecule has 1 amide bonds. The third-order valence-corrected chi connectivity index (χ3v) is 4.19. The molecular weight excluding hydrogens is 292 g/mol.